The molecule has 0 radical (unpaired) electrons. The molecule has 1 unspecified atom stereocenters. The number of ketones is 3. The largest absolute Gasteiger partial charge is 0.508 e. The molecule has 3 aliphatic rings. The minimum Gasteiger partial charge on any atom is -0.508 e. The molecule has 4 rings (SSSR count). The number of allylic oxidation sites excluding steroid dienone is 1. The molecule has 0 aliphatic heterocycles. The number of aromatic hydroxyl groups is 1. The summed E-state index contributed by atoms with van der Waals surface area (Å²) in [6.07, 6.45) is 1.13. The molecule has 0 heterocycles. The predicted molar refractivity (Wildman–Crippen MR) is 143 cm³/mol. The van der Waals surface area contributed by atoms with Gasteiger partial charge in [0.05, 0.1) is 5.56 Å². The molecule has 3 aliphatic carbocycles. The molecule has 9 heteroatoms. The van der Waals surface area contributed by atoms with Gasteiger partial charge in [0.15, 0.2) is 17.2 Å². The topological polar surface area (TPSA) is 147 Å². The Morgan fingerprint density at radius 3 is 2.47 bits per heavy atom. The fourth-order valence-electron chi connectivity index (χ4n) is 6.07. The van der Waals surface area contributed by atoms with E-state index >= 15 is 0 Å². The molecule has 1 aromatic carbocycles. The van der Waals surface area contributed by atoms with Crippen molar-refractivity contribution in [1.29, 1.82) is 0 Å². The maximum atomic E-state index is 13.8. The van der Waals surface area contributed by atoms with Gasteiger partial charge in [0.25, 0.3) is 0 Å². The summed E-state index contributed by atoms with van der Waals surface area (Å²) in [5, 5.41) is 48.5. The third-order valence-corrected chi connectivity index (χ3v) is 8.46. The summed E-state index contributed by atoms with van der Waals surface area (Å²) in [5.74, 6) is -4.70. The first-order valence-electron chi connectivity index (χ1n) is 13.3. The number of anilines is 1. The summed E-state index contributed by atoms with van der Waals surface area (Å²) in [5.41, 5.74) is -0.962. The zero-order chi connectivity index (χ0) is 28.1. The maximum Gasteiger partial charge on any atom is 0.202 e. The van der Waals surface area contributed by atoms with Crippen molar-refractivity contribution in [3.05, 3.63) is 39.7 Å². The summed E-state index contributed by atoms with van der Waals surface area (Å²) in [4.78, 5) is 40.8. The van der Waals surface area contributed by atoms with Crippen molar-refractivity contribution in [2.45, 2.75) is 65.0 Å². The number of nitrogens with one attached hydrogen (secondary N) is 1. The van der Waals surface area contributed by atoms with Gasteiger partial charge in [-0.1, -0.05) is 27.2 Å². The number of hydrogen-bond donors (Lipinski definition) is 5. The van der Waals surface area contributed by atoms with Crippen molar-refractivity contribution in [2.75, 3.05) is 25.5 Å². The molecule has 4 atom stereocenters. The average molecular weight is 527 g/mol. The van der Waals surface area contributed by atoms with Crippen molar-refractivity contribution < 1.29 is 34.8 Å². The zero-order valence-corrected chi connectivity index (χ0v) is 22.7. The van der Waals surface area contributed by atoms with E-state index in [1.54, 1.807) is 0 Å². The Labute approximate surface area is 222 Å². The smallest absolute Gasteiger partial charge is 0.202 e. The van der Waals surface area contributed by atoms with Crippen LogP contribution in [0.15, 0.2) is 23.0 Å². The monoisotopic (exact) mass is 526 g/mol. The highest BCUT2D eigenvalue weighted by molar-refractivity contribution is 6.23. The number of phenols is 1. The van der Waals surface area contributed by atoms with Gasteiger partial charge >= 0.3 is 0 Å². The van der Waals surface area contributed by atoms with Gasteiger partial charge in [-0.15, -0.1) is 0 Å². The fraction of sp³-hybridized carbons (Fsp3) is 0.552. The number of fused-ring (bicyclic) bond motifs is 3. The third-order valence-electron chi connectivity index (χ3n) is 8.46. The minimum atomic E-state index is -2.49. The number of rotatable bonds is 8. The lowest BCUT2D eigenvalue weighted by Crippen LogP contribution is -2.58. The molecule has 206 valence electrons. The second-order valence-corrected chi connectivity index (χ2v) is 11.1. The van der Waals surface area contributed by atoms with Crippen LogP contribution in [0.25, 0.3) is 5.76 Å². The van der Waals surface area contributed by atoms with Crippen LogP contribution < -0.4 is 10.2 Å². The van der Waals surface area contributed by atoms with Gasteiger partial charge in [0.2, 0.25) is 5.78 Å². The maximum absolute atomic E-state index is 13.8. The SMILES string of the molecule is CCC(=O)C1=C(O)[C@@]2(O)C(=O)C3=C(O)c4c(O)c(CNCC(C)CC)cc(N(C)C)c4C[C@H]3C[C@H]2CC1=O. The number of hydrogen-bond acceptors (Lipinski definition) is 9. The molecule has 0 aromatic heterocycles. The highest BCUT2D eigenvalue weighted by Gasteiger charge is 2.60. The van der Waals surface area contributed by atoms with Gasteiger partial charge in [-0.2, -0.15) is 0 Å². The Balaban J connectivity index is 1.85. The number of nitrogens with zero attached hydrogens (tertiary/aromatic N) is 1. The van der Waals surface area contributed by atoms with Gasteiger partial charge in [0.1, 0.15) is 22.8 Å². The molecule has 0 bridgehead atoms. The van der Waals surface area contributed by atoms with E-state index < -0.39 is 51.9 Å². The molecule has 1 saturated carbocycles. The Bertz CT molecular complexity index is 1260. The van der Waals surface area contributed by atoms with E-state index in [1.807, 2.05) is 25.1 Å². The first-order chi connectivity index (χ1) is 17.9. The van der Waals surface area contributed by atoms with E-state index in [-0.39, 0.29) is 36.1 Å². The van der Waals surface area contributed by atoms with Crippen LogP contribution in [0, 0.1) is 17.8 Å². The van der Waals surface area contributed by atoms with E-state index in [9.17, 15) is 34.8 Å². The molecule has 1 fully saturated rings. The van der Waals surface area contributed by atoms with E-state index in [0.29, 0.717) is 30.0 Å². The number of Topliss-reactive ketones (excluding diaryl/α,β-unsaturated/α-hetero) is 3. The number of carbonyl (C=O) groups excluding carboxylic acids is 3. The highest BCUT2D eigenvalue weighted by atomic mass is 16.3. The lowest BCUT2D eigenvalue weighted by molar-refractivity contribution is -0.147. The Kier molecular flexibility index (Phi) is 7.47. The van der Waals surface area contributed by atoms with Crippen LogP contribution in [-0.2, 0) is 27.3 Å². The molecule has 0 spiro atoms. The van der Waals surface area contributed by atoms with Crippen LogP contribution in [-0.4, -0.2) is 64.0 Å². The minimum absolute atomic E-state index is 0.0704. The number of phenolic OH excluding ortho intramolecular Hbond substituents is 1. The molecule has 38 heavy (non-hydrogen) atoms. The van der Waals surface area contributed by atoms with Crippen LogP contribution in [0.4, 0.5) is 5.69 Å². The van der Waals surface area contributed by atoms with Crippen molar-refractivity contribution in [3.8, 4) is 5.75 Å². The lowest BCUT2D eigenvalue weighted by atomic mass is 9.59. The van der Waals surface area contributed by atoms with Crippen LogP contribution in [0.1, 0.15) is 63.1 Å². The quantitative estimate of drug-likeness (QED) is 0.322. The van der Waals surface area contributed by atoms with Crippen molar-refractivity contribution in [3.63, 3.8) is 0 Å². The van der Waals surface area contributed by atoms with Crippen molar-refractivity contribution in [1.82, 2.24) is 5.32 Å². The second-order valence-electron chi connectivity index (χ2n) is 11.1. The Morgan fingerprint density at radius 1 is 1.18 bits per heavy atom. The third kappa shape index (κ3) is 4.22. The standard InChI is InChI=1S/C29H38N2O7/c1-6-14(3)12-30-13-16-10-19(31(4)5)18-9-15-8-17-11-21(33)24(20(32)7-2)28(37)29(17,38)27(36)22(15)26(35)23(18)25(16)34/h10,14-15,17,30,34-35,37-38H,6-9,11-13H2,1-5H3/t14?,15-,17+,29+/m1/s1. The van der Waals surface area contributed by atoms with Crippen LogP contribution in [0.3, 0.4) is 0 Å². The summed E-state index contributed by atoms with van der Waals surface area (Å²) < 4.78 is 0. The Morgan fingerprint density at radius 2 is 1.87 bits per heavy atom. The van der Waals surface area contributed by atoms with Crippen molar-refractivity contribution >= 4 is 28.8 Å². The molecular formula is C29H38N2O7. The summed E-state index contributed by atoms with van der Waals surface area (Å²) in [6, 6.07) is 1.87. The van der Waals surface area contributed by atoms with Crippen molar-refractivity contribution in [2.24, 2.45) is 17.8 Å². The summed E-state index contributed by atoms with van der Waals surface area (Å²) >= 11 is 0. The number of aliphatic hydroxyl groups excluding tert-OH is 2. The van der Waals surface area contributed by atoms with Gasteiger partial charge in [0, 0.05) is 56.2 Å². The molecule has 5 N–H and O–H groups in total. The van der Waals surface area contributed by atoms with Gasteiger partial charge < -0.3 is 30.6 Å². The van der Waals surface area contributed by atoms with E-state index in [4.69, 9.17) is 0 Å². The Hall–Kier alpha value is -3.17. The van der Waals surface area contributed by atoms with E-state index in [1.165, 1.54) is 6.92 Å². The first kappa shape index (κ1) is 27.9. The van der Waals surface area contributed by atoms with Crippen LogP contribution >= 0.6 is 0 Å². The van der Waals surface area contributed by atoms with Gasteiger partial charge in [-0.05, 0) is 42.9 Å². The second kappa shape index (κ2) is 10.2. The lowest BCUT2D eigenvalue weighted by Gasteiger charge is -2.46. The summed E-state index contributed by atoms with van der Waals surface area (Å²) in [6.45, 7) is 6.84. The van der Waals surface area contributed by atoms with Gasteiger partial charge in [-0.25, -0.2) is 0 Å². The molecule has 9 nitrogen and oxygen atoms in total. The number of benzene rings is 1. The fourth-order valence-corrected chi connectivity index (χ4v) is 6.07. The van der Waals surface area contributed by atoms with Gasteiger partial charge in [-0.3, -0.25) is 14.4 Å². The predicted octanol–water partition coefficient (Wildman–Crippen LogP) is 3.12. The molecule has 0 saturated heterocycles. The highest BCUT2D eigenvalue weighted by Crippen LogP contribution is 2.53. The summed E-state index contributed by atoms with van der Waals surface area (Å²) in [7, 11) is 3.72. The van der Waals surface area contributed by atoms with Crippen LogP contribution in [0.2, 0.25) is 0 Å². The average Bonchev–Trinajstić information content (AvgIpc) is 2.86. The zero-order valence-electron chi connectivity index (χ0n) is 22.7. The van der Waals surface area contributed by atoms with E-state index in [2.05, 4.69) is 19.2 Å². The number of carbonyl (C=O) groups is 3. The molecule has 1 aromatic rings. The molecule has 0 amide bonds. The molecular weight excluding hydrogens is 488 g/mol. The first-order valence-corrected chi connectivity index (χ1v) is 13.3. The van der Waals surface area contributed by atoms with E-state index in [0.717, 1.165) is 18.7 Å². The van der Waals surface area contributed by atoms with Crippen LogP contribution in [0.5, 0.6) is 5.75 Å². The normalized spacial score (nSPS) is 25.6. The number of aliphatic hydroxyl groups is 3.